The van der Waals surface area contributed by atoms with Gasteiger partial charge in [-0.15, -0.1) is 10.2 Å². The number of tetrazole rings is 1. The molecule has 2 rings (SSSR count). The normalized spacial score (nSPS) is 10.8. The van der Waals surface area contributed by atoms with Crippen molar-refractivity contribution in [3.63, 3.8) is 0 Å². The number of hydrogen-bond acceptors (Lipinski definition) is 6. The standard InChI is InChI=1S/C9H13N7O/c1-5(2)9-11-6(3-8(17)12-9)10-4-7-13-15-16-14-7/h3,5H,4H2,1-2H3,(H2,10,11,12,17)(H,13,14,15,16). The third-order valence-electron chi connectivity index (χ3n) is 2.12. The SMILES string of the molecule is CC(C)c1nc(NCc2nn[nH]n2)cc(=O)[nH]1. The van der Waals surface area contributed by atoms with E-state index in [4.69, 9.17) is 0 Å². The molecule has 0 aromatic carbocycles. The maximum atomic E-state index is 11.4. The molecule has 90 valence electrons. The summed E-state index contributed by atoms with van der Waals surface area (Å²) >= 11 is 0. The summed E-state index contributed by atoms with van der Waals surface area (Å²) < 4.78 is 0. The van der Waals surface area contributed by atoms with E-state index in [1.165, 1.54) is 6.07 Å². The predicted molar refractivity (Wildman–Crippen MR) is 60.5 cm³/mol. The molecule has 8 heteroatoms. The van der Waals surface area contributed by atoms with Crippen molar-refractivity contribution in [1.82, 2.24) is 30.6 Å². The van der Waals surface area contributed by atoms with Crippen LogP contribution in [0, 0.1) is 0 Å². The van der Waals surface area contributed by atoms with E-state index in [2.05, 4.69) is 35.9 Å². The maximum Gasteiger partial charge on any atom is 0.252 e. The van der Waals surface area contributed by atoms with Crippen molar-refractivity contribution >= 4 is 5.82 Å². The number of aromatic nitrogens is 6. The van der Waals surface area contributed by atoms with Crippen LogP contribution in [-0.2, 0) is 6.54 Å². The summed E-state index contributed by atoms with van der Waals surface area (Å²) in [6.07, 6.45) is 0. The number of anilines is 1. The smallest absolute Gasteiger partial charge is 0.252 e. The Hall–Kier alpha value is -2.25. The molecule has 0 radical (unpaired) electrons. The highest BCUT2D eigenvalue weighted by Crippen LogP contribution is 2.09. The van der Waals surface area contributed by atoms with E-state index in [1.54, 1.807) is 0 Å². The van der Waals surface area contributed by atoms with Crippen LogP contribution in [0.2, 0.25) is 0 Å². The highest BCUT2D eigenvalue weighted by Gasteiger charge is 2.05. The Balaban J connectivity index is 2.13. The summed E-state index contributed by atoms with van der Waals surface area (Å²) in [5, 5.41) is 16.3. The molecule has 3 N–H and O–H groups in total. The first-order chi connectivity index (χ1) is 8.15. The first-order valence-corrected chi connectivity index (χ1v) is 5.22. The monoisotopic (exact) mass is 235 g/mol. The number of H-pyrrole nitrogens is 2. The van der Waals surface area contributed by atoms with Gasteiger partial charge in [0, 0.05) is 12.0 Å². The highest BCUT2D eigenvalue weighted by atomic mass is 16.1. The van der Waals surface area contributed by atoms with Crippen LogP contribution in [-0.4, -0.2) is 30.6 Å². The molecule has 0 aliphatic heterocycles. The number of aromatic amines is 2. The molecule has 0 saturated heterocycles. The van der Waals surface area contributed by atoms with Gasteiger partial charge < -0.3 is 10.3 Å². The van der Waals surface area contributed by atoms with E-state index in [9.17, 15) is 4.79 Å². The molecular weight excluding hydrogens is 222 g/mol. The van der Waals surface area contributed by atoms with E-state index in [-0.39, 0.29) is 11.5 Å². The van der Waals surface area contributed by atoms with Crippen LogP contribution in [0.25, 0.3) is 0 Å². The molecule has 2 heterocycles. The Bertz CT molecular complexity index is 531. The minimum atomic E-state index is -0.181. The van der Waals surface area contributed by atoms with Crippen molar-refractivity contribution < 1.29 is 0 Å². The summed E-state index contributed by atoms with van der Waals surface area (Å²) in [7, 11) is 0. The van der Waals surface area contributed by atoms with Gasteiger partial charge in [0.05, 0.1) is 6.54 Å². The minimum absolute atomic E-state index is 0.162. The lowest BCUT2D eigenvalue weighted by Crippen LogP contribution is -2.14. The van der Waals surface area contributed by atoms with Crippen molar-refractivity contribution in [3.05, 3.63) is 28.1 Å². The Morgan fingerprint density at radius 3 is 2.94 bits per heavy atom. The van der Waals surface area contributed by atoms with Gasteiger partial charge in [-0.1, -0.05) is 19.1 Å². The number of rotatable bonds is 4. The molecule has 0 spiro atoms. The molecule has 17 heavy (non-hydrogen) atoms. The zero-order valence-corrected chi connectivity index (χ0v) is 9.56. The average molecular weight is 235 g/mol. The van der Waals surface area contributed by atoms with E-state index in [0.29, 0.717) is 24.0 Å². The number of hydrogen-bond donors (Lipinski definition) is 3. The molecule has 0 amide bonds. The van der Waals surface area contributed by atoms with Crippen LogP contribution >= 0.6 is 0 Å². The van der Waals surface area contributed by atoms with E-state index in [0.717, 1.165) is 0 Å². The van der Waals surface area contributed by atoms with Crippen LogP contribution in [0.1, 0.15) is 31.4 Å². The molecule has 0 fully saturated rings. The Labute approximate surface area is 96.9 Å². The first kappa shape index (κ1) is 11.2. The Morgan fingerprint density at radius 1 is 1.47 bits per heavy atom. The summed E-state index contributed by atoms with van der Waals surface area (Å²) in [5.74, 6) is 1.82. The summed E-state index contributed by atoms with van der Waals surface area (Å²) in [5.41, 5.74) is -0.181. The lowest BCUT2D eigenvalue weighted by molar-refractivity contribution is 0.766. The van der Waals surface area contributed by atoms with Crippen molar-refractivity contribution in [2.75, 3.05) is 5.32 Å². The molecule has 0 aliphatic rings. The van der Waals surface area contributed by atoms with E-state index < -0.39 is 0 Å². The number of nitrogens with one attached hydrogen (secondary N) is 3. The molecule has 2 aromatic rings. The van der Waals surface area contributed by atoms with Crippen molar-refractivity contribution in [1.29, 1.82) is 0 Å². The van der Waals surface area contributed by atoms with Gasteiger partial charge in [-0.3, -0.25) is 4.79 Å². The van der Waals surface area contributed by atoms with E-state index >= 15 is 0 Å². The van der Waals surface area contributed by atoms with Gasteiger partial charge in [0.1, 0.15) is 11.6 Å². The van der Waals surface area contributed by atoms with Gasteiger partial charge in [0.2, 0.25) is 0 Å². The van der Waals surface area contributed by atoms with Gasteiger partial charge in [-0.05, 0) is 0 Å². The zero-order chi connectivity index (χ0) is 12.3. The summed E-state index contributed by atoms with van der Waals surface area (Å²) in [6.45, 7) is 4.28. The van der Waals surface area contributed by atoms with Gasteiger partial charge in [0.15, 0.2) is 5.82 Å². The molecule has 0 bridgehead atoms. The second kappa shape index (κ2) is 4.73. The fourth-order valence-corrected chi connectivity index (χ4v) is 1.27. The molecule has 2 aromatic heterocycles. The molecule has 8 nitrogen and oxygen atoms in total. The second-order valence-electron chi connectivity index (χ2n) is 3.85. The van der Waals surface area contributed by atoms with Gasteiger partial charge in [-0.2, -0.15) is 5.21 Å². The number of nitrogens with zero attached hydrogens (tertiary/aromatic N) is 4. The van der Waals surface area contributed by atoms with Crippen molar-refractivity contribution in [3.8, 4) is 0 Å². The highest BCUT2D eigenvalue weighted by molar-refractivity contribution is 5.33. The minimum Gasteiger partial charge on any atom is -0.362 e. The molecule has 0 aliphatic carbocycles. The summed E-state index contributed by atoms with van der Waals surface area (Å²) in [6, 6.07) is 1.39. The average Bonchev–Trinajstić information content (AvgIpc) is 2.78. The predicted octanol–water partition coefficient (Wildman–Crippen LogP) is 0.0185. The van der Waals surface area contributed by atoms with Crippen molar-refractivity contribution in [2.24, 2.45) is 0 Å². The summed E-state index contributed by atoms with van der Waals surface area (Å²) in [4.78, 5) is 18.4. The largest absolute Gasteiger partial charge is 0.362 e. The van der Waals surface area contributed by atoms with Crippen molar-refractivity contribution in [2.45, 2.75) is 26.3 Å². The first-order valence-electron chi connectivity index (χ1n) is 5.22. The molecule has 0 saturated carbocycles. The lowest BCUT2D eigenvalue weighted by Gasteiger charge is -2.07. The van der Waals surface area contributed by atoms with Gasteiger partial charge in [-0.25, -0.2) is 4.98 Å². The van der Waals surface area contributed by atoms with Gasteiger partial charge >= 0.3 is 0 Å². The van der Waals surface area contributed by atoms with Crippen LogP contribution in [0.15, 0.2) is 10.9 Å². The van der Waals surface area contributed by atoms with Crippen LogP contribution in [0.4, 0.5) is 5.82 Å². The Morgan fingerprint density at radius 2 is 2.29 bits per heavy atom. The second-order valence-corrected chi connectivity index (χ2v) is 3.85. The van der Waals surface area contributed by atoms with Gasteiger partial charge in [0.25, 0.3) is 5.56 Å². The lowest BCUT2D eigenvalue weighted by atomic mass is 10.2. The maximum absolute atomic E-state index is 11.4. The molecular formula is C9H13N7O. The molecule has 0 unspecified atom stereocenters. The van der Waals surface area contributed by atoms with Crippen LogP contribution < -0.4 is 10.9 Å². The third-order valence-corrected chi connectivity index (χ3v) is 2.12. The zero-order valence-electron chi connectivity index (χ0n) is 9.56. The fraction of sp³-hybridized carbons (Fsp3) is 0.444. The van der Waals surface area contributed by atoms with E-state index in [1.807, 2.05) is 13.8 Å². The molecule has 0 atom stereocenters. The Kier molecular flexibility index (Phi) is 3.12. The fourth-order valence-electron chi connectivity index (χ4n) is 1.27. The third kappa shape index (κ3) is 2.86. The quantitative estimate of drug-likeness (QED) is 0.688. The topological polar surface area (TPSA) is 112 Å². The van der Waals surface area contributed by atoms with Crippen LogP contribution in [0.5, 0.6) is 0 Å². The van der Waals surface area contributed by atoms with Crippen LogP contribution in [0.3, 0.4) is 0 Å².